The van der Waals surface area contributed by atoms with E-state index in [-0.39, 0.29) is 12.3 Å². The molecule has 1 aliphatic carbocycles. The van der Waals surface area contributed by atoms with Crippen molar-refractivity contribution in [1.82, 2.24) is 15.1 Å². The number of aryl methyl sites for hydroxylation is 2. The molecule has 2 N–H and O–H groups in total. The number of hydrogen-bond donors (Lipinski definition) is 2. The van der Waals surface area contributed by atoms with E-state index in [0.29, 0.717) is 12.1 Å². The SMILES string of the molecule is Cc1cc(C)n(Cc2cccc(C(=O)NC3(CC(=O)O)CCC3)c2)n1. The highest BCUT2D eigenvalue weighted by atomic mass is 16.4. The van der Waals surface area contributed by atoms with Crippen LogP contribution in [-0.4, -0.2) is 32.3 Å². The predicted molar refractivity (Wildman–Crippen MR) is 93.5 cm³/mol. The molecule has 1 heterocycles. The van der Waals surface area contributed by atoms with E-state index in [9.17, 15) is 9.59 Å². The van der Waals surface area contributed by atoms with Gasteiger partial charge in [0.2, 0.25) is 0 Å². The standard InChI is InChI=1S/C19H23N3O3/c1-13-9-14(2)22(21-13)12-15-5-3-6-16(10-15)18(25)20-19(7-4-8-19)11-17(23)24/h3,5-6,9-10H,4,7-8,11-12H2,1-2H3,(H,20,25)(H,23,24). The molecule has 6 nitrogen and oxygen atoms in total. The highest BCUT2D eigenvalue weighted by molar-refractivity contribution is 5.95. The van der Waals surface area contributed by atoms with Crippen molar-refractivity contribution in [3.05, 3.63) is 52.8 Å². The average molecular weight is 341 g/mol. The molecule has 25 heavy (non-hydrogen) atoms. The van der Waals surface area contributed by atoms with Gasteiger partial charge in [-0.25, -0.2) is 0 Å². The third kappa shape index (κ3) is 3.90. The minimum Gasteiger partial charge on any atom is -0.481 e. The summed E-state index contributed by atoms with van der Waals surface area (Å²) in [6.45, 7) is 4.55. The molecule has 0 aliphatic heterocycles. The van der Waals surface area contributed by atoms with Crippen molar-refractivity contribution in [1.29, 1.82) is 0 Å². The highest BCUT2D eigenvalue weighted by Gasteiger charge is 2.40. The number of hydrogen-bond acceptors (Lipinski definition) is 3. The van der Waals surface area contributed by atoms with Crippen molar-refractivity contribution in [2.45, 2.75) is 51.6 Å². The molecule has 1 aliphatic rings. The molecule has 1 aromatic carbocycles. The van der Waals surface area contributed by atoms with Crippen LogP contribution in [0.25, 0.3) is 0 Å². The van der Waals surface area contributed by atoms with Crippen molar-refractivity contribution in [3.63, 3.8) is 0 Å². The molecule has 0 unspecified atom stereocenters. The molecule has 3 rings (SSSR count). The summed E-state index contributed by atoms with van der Waals surface area (Å²) in [5.41, 5.74) is 2.99. The lowest BCUT2D eigenvalue weighted by Gasteiger charge is -2.41. The molecule has 0 saturated heterocycles. The van der Waals surface area contributed by atoms with Crippen molar-refractivity contribution in [2.24, 2.45) is 0 Å². The van der Waals surface area contributed by atoms with Crippen LogP contribution >= 0.6 is 0 Å². The van der Waals surface area contributed by atoms with Gasteiger partial charge in [-0.05, 0) is 56.9 Å². The molecule has 132 valence electrons. The van der Waals surface area contributed by atoms with E-state index in [1.807, 2.05) is 42.8 Å². The lowest BCUT2D eigenvalue weighted by molar-refractivity contribution is -0.139. The average Bonchev–Trinajstić information content (AvgIpc) is 2.82. The predicted octanol–water partition coefficient (Wildman–Crippen LogP) is 2.68. The van der Waals surface area contributed by atoms with E-state index < -0.39 is 11.5 Å². The summed E-state index contributed by atoms with van der Waals surface area (Å²) in [4.78, 5) is 23.6. The fourth-order valence-corrected chi connectivity index (χ4v) is 3.37. The van der Waals surface area contributed by atoms with Crippen LogP contribution in [0.4, 0.5) is 0 Å². The summed E-state index contributed by atoms with van der Waals surface area (Å²) >= 11 is 0. The van der Waals surface area contributed by atoms with E-state index in [2.05, 4.69) is 10.4 Å². The fourth-order valence-electron chi connectivity index (χ4n) is 3.37. The van der Waals surface area contributed by atoms with Crippen molar-refractivity contribution in [2.75, 3.05) is 0 Å². The van der Waals surface area contributed by atoms with E-state index in [1.54, 1.807) is 6.07 Å². The zero-order valence-corrected chi connectivity index (χ0v) is 14.6. The van der Waals surface area contributed by atoms with Crippen LogP contribution in [0.2, 0.25) is 0 Å². The van der Waals surface area contributed by atoms with Crippen LogP contribution in [0.3, 0.4) is 0 Å². The van der Waals surface area contributed by atoms with Crippen LogP contribution < -0.4 is 5.32 Å². The van der Waals surface area contributed by atoms with Gasteiger partial charge in [0.25, 0.3) is 5.91 Å². The smallest absolute Gasteiger partial charge is 0.305 e. The lowest BCUT2D eigenvalue weighted by atomic mass is 9.74. The Morgan fingerprint density at radius 2 is 2.04 bits per heavy atom. The van der Waals surface area contributed by atoms with Gasteiger partial charge >= 0.3 is 5.97 Å². The molecule has 1 saturated carbocycles. The monoisotopic (exact) mass is 341 g/mol. The van der Waals surface area contributed by atoms with Crippen LogP contribution in [0.15, 0.2) is 30.3 Å². The van der Waals surface area contributed by atoms with Crippen LogP contribution in [-0.2, 0) is 11.3 Å². The Bertz CT molecular complexity index is 806. The number of aliphatic carboxylic acids is 1. The molecule has 0 spiro atoms. The largest absolute Gasteiger partial charge is 0.481 e. The lowest BCUT2D eigenvalue weighted by Crippen LogP contribution is -2.54. The Kier molecular flexibility index (Phi) is 4.61. The van der Waals surface area contributed by atoms with E-state index in [1.165, 1.54) is 0 Å². The van der Waals surface area contributed by atoms with Gasteiger partial charge in [-0.15, -0.1) is 0 Å². The Balaban J connectivity index is 1.73. The minimum absolute atomic E-state index is 0.0236. The van der Waals surface area contributed by atoms with Gasteiger partial charge in [-0.3, -0.25) is 14.3 Å². The number of rotatable bonds is 6. The van der Waals surface area contributed by atoms with Crippen molar-refractivity contribution >= 4 is 11.9 Å². The molecular formula is C19H23N3O3. The van der Waals surface area contributed by atoms with E-state index in [0.717, 1.165) is 36.2 Å². The molecule has 0 atom stereocenters. The van der Waals surface area contributed by atoms with Gasteiger partial charge in [0.15, 0.2) is 0 Å². The summed E-state index contributed by atoms with van der Waals surface area (Å²) in [7, 11) is 0. The van der Waals surface area contributed by atoms with Gasteiger partial charge in [0, 0.05) is 11.3 Å². The Labute approximate surface area is 146 Å². The number of carbonyl (C=O) groups excluding carboxylic acids is 1. The maximum atomic E-state index is 12.6. The first kappa shape index (κ1) is 17.2. The summed E-state index contributed by atoms with van der Waals surface area (Å²) in [6.07, 6.45) is 2.36. The maximum Gasteiger partial charge on any atom is 0.305 e. The minimum atomic E-state index is -0.877. The van der Waals surface area contributed by atoms with Crippen LogP contribution in [0.1, 0.15) is 53.0 Å². The number of carboxylic acid groups (broad SMARTS) is 1. The zero-order chi connectivity index (χ0) is 18.0. The summed E-state index contributed by atoms with van der Waals surface area (Å²) in [5.74, 6) is -1.09. The first-order valence-electron chi connectivity index (χ1n) is 8.51. The van der Waals surface area contributed by atoms with Gasteiger partial charge in [0.1, 0.15) is 0 Å². The number of amides is 1. The zero-order valence-electron chi connectivity index (χ0n) is 14.6. The number of aromatic nitrogens is 2. The van der Waals surface area contributed by atoms with Crippen molar-refractivity contribution < 1.29 is 14.7 Å². The van der Waals surface area contributed by atoms with Gasteiger partial charge in [0.05, 0.1) is 24.2 Å². The maximum absolute atomic E-state index is 12.6. The highest BCUT2D eigenvalue weighted by Crippen LogP contribution is 2.35. The number of benzene rings is 1. The van der Waals surface area contributed by atoms with Gasteiger partial charge in [-0.2, -0.15) is 5.10 Å². The van der Waals surface area contributed by atoms with Gasteiger partial charge in [-0.1, -0.05) is 12.1 Å². The Morgan fingerprint density at radius 3 is 2.60 bits per heavy atom. The third-order valence-electron chi connectivity index (χ3n) is 4.80. The van der Waals surface area contributed by atoms with E-state index in [4.69, 9.17) is 5.11 Å². The molecule has 0 bridgehead atoms. The number of carbonyl (C=O) groups is 2. The molecule has 0 radical (unpaired) electrons. The Hall–Kier alpha value is -2.63. The second kappa shape index (κ2) is 6.70. The summed E-state index contributed by atoms with van der Waals surface area (Å²) in [6, 6.07) is 9.43. The van der Waals surface area contributed by atoms with E-state index >= 15 is 0 Å². The Morgan fingerprint density at radius 1 is 1.28 bits per heavy atom. The topological polar surface area (TPSA) is 84.2 Å². The summed E-state index contributed by atoms with van der Waals surface area (Å²) in [5, 5.41) is 16.5. The molecule has 1 fully saturated rings. The third-order valence-corrected chi connectivity index (χ3v) is 4.80. The summed E-state index contributed by atoms with van der Waals surface area (Å²) < 4.78 is 1.91. The molecule has 6 heteroatoms. The number of carboxylic acids is 1. The first-order chi connectivity index (χ1) is 11.9. The van der Waals surface area contributed by atoms with Crippen molar-refractivity contribution in [3.8, 4) is 0 Å². The second-order valence-corrected chi connectivity index (χ2v) is 6.94. The fraction of sp³-hybridized carbons (Fsp3) is 0.421. The molecule has 2 aromatic rings. The number of nitrogens with zero attached hydrogens (tertiary/aromatic N) is 2. The van der Waals surface area contributed by atoms with Crippen LogP contribution in [0, 0.1) is 13.8 Å². The normalized spacial score (nSPS) is 15.4. The van der Waals surface area contributed by atoms with Gasteiger partial charge < -0.3 is 10.4 Å². The second-order valence-electron chi connectivity index (χ2n) is 6.94. The molecular weight excluding hydrogens is 318 g/mol. The molecule has 1 amide bonds. The first-order valence-corrected chi connectivity index (χ1v) is 8.51. The quantitative estimate of drug-likeness (QED) is 0.846. The molecule has 1 aromatic heterocycles. The number of nitrogens with one attached hydrogen (secondary N) is 1. The van der Waals surface area contributed by atoms with Crippen LogP contribution in [0.5, 0.6) is 0 Å².